The van der Waals surface area contributed by atoms with E-state index in [9.17, 15) is 14.7 Å². The second kappa shape index (κ2) is 8.98. The first-order chi connectivity index (χ1) is 13.9. The Morgan fingerprint density at radius 3 is 2.48 bits per heavy atom. The lowest BCUT2D eigenvalue weighted by atomic mass is 10.1. The second-order valence-electron chi connectivity index (χ2n) is 6.81. The Morgan fingerprint density at radius 2 is 1.90 bits per heavy atom. The number of rotatable bonds is 8. The molecule has 0 radical (unpaired) electrons. The molecule has 1 amide bonds. The Morgan fingerprint density at radius 1 is 1.21 bits per heavy atom. The predicted octanol–water partition coefficient (Wildman–Crippen LogP) is 3.38. The third-order valence-electron chi connectivity index (χ3n) is 4.79. The Hall–Kier alpha value is -2.35. The van der Waals surface area contributed by atoms with Crippen LogP contribution < -0.4 is 11.4 Å². The van der Waals surface area contributed by atoms with E-state index in [1.165, 1.54) is 9.13 Å². The molecular formula is C20H22Cl2N4O3. The number of fused-ring (bicyclic) bond motifs is 1. The van der Waals surface area contributed by atoms with E-state index in [0.29, 0.717) is 33.2 Å². The number of hydrogen-bond acceptors (Lipinski definition) is 4. The number of hydrogen-bond donors (Lipinski definition) is 2. The largest absolute Gasteiger partial charge is 0.395 e. The van der Waals surface area contributed by atoms with E-state index in [2.05, 4.69) is 4.98 Å². The van der Waals surface area contributed by atoms with E-state index in [4.69, 9.17) is 28.9 Å². The van der Waals surface area contributed by atoms with E-state index in [1.54, 1.807) is 30.5 Å². The van der Waals surface area contributed by atoms with Gasteiger partial charge in [0.25, 0.3) is 0 Å². The standard InChI is InChI=1S/C20H22Cl2N4O3/c1-2-3-4-16(18(23)28)26-19-17(25(5-6-27)20(26)29)9-13(11-24-19)12-7-14(21)10-15(22)8-12/h7-11,16,27H,2-6H2,1H3,(H2,23,28). The van der Waals surface area contributed by atoms with Gasteiger partial charge in [0.2, 0.25) is 5.91 Å². The number of unbranched alkanes of at least 4 members (excludes halogenated alkanes) is 1. The van der Waals surface area contributed by atoms with Crippen LogP contribution in [-0.4, -0.2) is 31.7 Å². The van der Waals surface area contributed by atoms with Gasteiger partial charge in [-0.2, -0.15) is 0 Å². The maximum absolute atomic E-state index is 13.1. The van der Waals surface area contributed by atoms with E-state index in [-0.39, 0.29) is 13.2 Å². The number of benzene rings is 1. The number of nitrogens with zero attached hydrogens (tertiary/aromatic N) is 3. The fourth-order valence-electron chi connectivity index (χ4n) is 3.43. The number of halogens is 2. The molecule has 0 bridgehead atoms. The number of carbonyl (C=O) groups is 1. The minimum atomic E-state index is -0.802. The van der Waals surface area contributed by atoms with Crippen molar-refractivity contribution in [3.05, 3.63) is 51.0 Å². The molecule has 2 heterocycles. The molecule has 9 heteroatoms. The molecule has 7 nitrogen and oxygen atoms in total. The van der Waals surface area contributed by atoms with Crippen LogP contribution in [0.2, 0.25) is 10.0 Å². The van der Waals surface area contributed by atoms with Crippen molar-refractivity contribution in [1.29, 1.82) is 0 Å². The second-order valence-corrected chi connectivity index (χ2v) is 7.69. The molecular weight excluding hydrogens is 415 g/mol. The highest BCUT2D eigenvalue weighted by atomic mass is 35.5. The number of aliphatic hydroxyl groups excluding tert-OH is 1. The normalized spacial score (nSPS) is 12.4. The van der Waals surface area contributed by atoms with Crippen LogP contribution in [0.4, 0.5) is 0 Å². The maximum atomic E-state index is 13.1. The minimum absolute atomic E-state index is 0.0724. The molecule has 1 atom stereocenters. The lowest BCUT2D eigenvalue weighted by Crippen LogP contribution is -2.35. The number of carbonyl (C=O) groups excluding carboxylic acids is 1. The summed E-state index contributed by atoms with van der Waals surface area (Å²) in [5, 5.41) is 10.4. The molecule has 0 aliphatic heterocycles. The first-order valence-corrected chi connectivity index (χ1v) is 10.1. The van der Waals surface area contributed by atoms with Crippen LogP contribution in [0.1, 0.15) is 32.2 Å². The van der Waals surface area contributed by atoms with Crippen LogP contribution >= 0.6 is 23.2 Å². The van der Waals surface area contributed by atoms with Gasteiger partial charge < -0.3 is 10.8 Å². The summed E-state index contributed by atoms with van der Waals surface area (Å²) in [6, 6.07) is 6.09. The van der Waals surface area contributed by atoms with Crippen molar-refractivity contribution in [3.8, 4) is 11.1 Å². The molecule has 0 saturated heterocycles. The maximum Gasteiger partial charge on any atom is 0.331 e. The van der Waals surface area contributed by atoms with Crippen LogP contribution in [0.3, 0.4) is 0 Å². The summed E-state index contributed by atoms with van der Waals surface area (Å²) in [7, 11) is 0. The van der Waals surface area contributed by atoms with Crippen LogP contribution in [0.15, 0.2) is 35.3 Å². The molecule has 1 aromatic carbocycles. The SMILES string of the molecule is CCCCC(C(N)=O)n1c(=O)n(CCO)c2cc(-c3cc(Cl)cc(Cl)c3)cnc21. The molecule has 3 aromatic rings. The molecule has 154 valence electrons. The van der Waals surface area contributed by atoms with Gasteiger partial charge in [0, 0.05) is 21.8 Å². The number of nitrogens with two attached hydrogens (primary N) is 1. The van der Waals surface area contributed by atoms with Gasteiger partial charge in [0.05, 0.1) is 18.7 Å². The van der Waals surface area contributed by atoms with E-state index in [0.717, 1.165) is 18.4 Å². The van der Waals surface area contributed by atoms with E-state index in [1.807, 2.05) is 6.92 Å². The minimum Gasteiger partial charge on any atom is -0.395 e. The van der Waals surface area contributed by atoms with Gasteiger partial charge in [-0.25, -0.2) is 9.78 Å². The summed E-state index contributed by atoms with van der Waals surface area (Å²) < 4.78 is 2.73. The van der Waals surface area contributed by atoms with Crippen molar-refractivity contribution in [3.63, 3.8) is 0 Å². The number of imidazole rings is 1. The number of aromatic nitrogens is 3. The lowest BCUT2D eigenvalue weighted by molar-refractivity contribution is -0.121. The van der Waals surface area contributed by atoms with Crippen molar-refractivity contribution in [2.45, 2.75) is 38.8 Å². The fourth-order valence-corrected chi connectivity index (χ4v) is 3.95. The quantitative estimate of drug-likeness (QED) is 0.564. The molecule has 2 aromatic heterocycles. The Labute approximate surface area is 177 Å². The van der Waals surface area contributed by atoms with Gasteiger partial charge >= 0.3 is 5.69 Å². The smallest absolute Gasteiger partial charge is 0.331 e. The first-order valence-electron chi connectivity index (χ1n) is 9.34. The van der Waals surface area contributed by atoms with Crippen molar-refractivity contribution >= 4 is 40.3 Å². The molecule has 29 heavy (non-hydrogen) atoms. The third-order valence-corrected chi connectivity index (χ3v) is 5.23. The molecule has 0 aliphatic rings. The highest BCUT2D eigenvalue weighted by molar-refractivity contribution is 6.35. The van der Waals surface area contributed by atoms with Gasteiger partial charge in [-0.15, -0.1) is 0 Å². The number of pyridine rings is 1. The topological polar surface area (TPSA) is 103 Å². The molecule has 0 spiro atoms. The zero-order valence-corrected chi connectivity index (χ0v) is 17.5. The summed E-state index contributed by atoms with van der Waals surface area (Å²) >= 11 is 12.2. The zero-order chi connectivity index (χ0) is 21.1. The first kappa shape index (κ1) is 21.4. The Kier molecular flexibility index (Phi) is 6.62. The van der Waals surface area contributed by atoms with Crippen LogP contribution in [0.25, 0.3) is 22.3 Å². The summed E-state index contributed by atoms with van der Waals surface area (Å²) in [6.45, 7) is 1.84. The predicted molar refractivity (Wildman–Crippen MR) is 114 cm³/mol. The number of primary amides is 1. The number of aliphatic hydroxyl groups is 1. The summed E-state index contributed by atoms with van der Waals surface area (Å²) in [5.41, 5.74) is 7.46. The van der Waals surface area contributed by atoms with Crippen molar-refractivity contribution in [1.82, 2.24) is 14.1 Å². The van der Waals surface area contributed by atoms with Crippen molar-refractivity contribution in [2.24, 2.45) is 5.73 Å². The van der Waals surface area contributed by atoms with Crippen LogP contribution in [0.5, 0.6) is 0 Å². The van der Waals surface area contributed by atoms with Crippen LogP contribution in [-0.2, 0) is 11.3 Å². The summed E-state index contributed by atoms with van der Waals surface area (Å²) in [6.07, 6.45) is 3.64. The van der Waals surface area contributed by atoms with Crippen LogP contribution in [0, 0.1) is 0 Å². The summed E-state index contributed by atoms with van der Waals surface area (Å²) in [5.74, 6) is -0.587. The van der Waals surface area contributed by atoms with Gasteiger partial charge in [0.1, 0.15) is 6.04 Å². The zero-order valence-electron chi connectivity index (χ0n) is 15.9. The van der Waals surface area contributed by atoms with Crippen molar-refractivity contribution in [2.75, 3.05) is 6.61 Å². The third kappa shape index (κ3) is 4.32. The molecule has 3 rings (SSSR count). The monoisotopic (exact) mass is 436 g/mol. The average molecular weight is 437 g/mol. The Bertz CT molecular complexity index is 1090. The van der Waals surface area contributed by atoms with E-state index < -0.39 is 17.6 Å². The summed E-state index contributed by atoms with van der Waals surface area (Å²) in [4.78, 5) is 29.6. The molecule has 1 unspecified atom stereocenters. The average Bonchev–Trinajstić information content (AvgIpc) is 2.93. The Balaban J connectivity index is 2.23. The highest BCUT2D eigenvalue weighted by Crippen LogP contribution is 2.29. The molecule has 3 N–H and O–H groups in total. The van der Waals surface area contributed by atoms with Gasteiger partial charge in [-0.1, -0.05) is 43.0 Å². The lowest BCUT2D eigenvalue weighted by Gasteiger charge is -2.14. The molecule has 0 saturated carbocycles. The number of amides is 1. The molecule has 0 aliphatic carbocycles. The van der Waals surface area contributed by atoms with Gasteiger partial charge in [-0.3, -0.25) is 13.9 Å². The molecule has 0 fully saturated rings. The fraction of sp³-hybridized carbons (Fsp3) is 0.350. The van der Waals surface area contributed by atoms with Crippen molar-refractivity contribution < 1.29 is 9.90 Å². The highest BCUT2D eigenvalue weighted by Gasteiger charge is 2.25. The van der Waals surface area contributed by atoms with Gasteiger partial charge in [0.15, 0.2) is 5.65 Å². The van der Waals surface area contributed by atoms with Gasteiger partial charge in [-0.05, 0) is 36.2 Å². The van der Waals surface area contributed by atoms with E-state index >= 15 is 0 Å².